The first kappa shape index (κ1) is 23.7. The van der Waals surface area contributed by atoms with Gasteiger partial charge in [-0.25, -0.2) is 0 Å². The minimum atomic E-state index is 0. The van der Waals surface area contributed by atoms with E-state index in [1.165, 1.54) is 48.2 Å². The first-order valence-corrected chi connectivity index (χ1v) is 11.7. The summed E-state index contributed by atoms with van der Waals surface area (Å²) < 4.78 is 1.13. The van der Waals surface area contributed by atoms with Crippen LogP contribution in [0.1, 0.15) is 36.0 Å². The highest BCUT2D eigenvalue weighted by Crippen LogP contribution is 2.29. The molecular formula is C29H31IN2O. The van der Waals surface area contributed by atoms with E-state index in [1.807, 2.05) is 18.2 Å². The maximum atomic E-state index is 13.0. The predicted octanol–water partition coefficient (Wildman–Crippen LogP) is 3.07. The van der Waals surface area contributed by atoms with Crippen molar-refractivity contribution in [1.29, 1.82) is 0 Å². The zero-order chi connectivity index (χ0) is 22.0. The zero-order valence-corrected chi connectivity index (χ0v) is 21.3. The van der Waals surface area contributed by atoms with Gasteiger partial charge in [0.1, 0.15) is 6.54 Å². The number of halogens is 1. The fraction of sp³-hybridized carbons (Fsp3) is 0.276. The standard InChI is InChI=1S/C29H30N2O.HI/c1-31(17-5-6-18-31)21-22-9-15-28(16-10-22)30-29(32)26-14-12-24-11-13-25(19-27(24)20-26)23-7-3-2-4-8-23;/h2-4,7-11,13,15-16,19-20H,5-6,12,14,17-18,21H2,1H3;1H. The van der Waals surface area contributed by atoms with Crippen molar-refractivity contribution in [3.05, 3.63) is 95.1 Å². The number of rotatable bonds is 5. The van der Waals surface area contributed by atoms with Crippen LogP contribution in [0.5, 0.6) is 0 Å². The van der Waals surface area contributed by atoms with Crippen LogP contribution >= 0.6 is 0 Å². The van der Waals surface area contributed by atoms with Crippen LogP contribution in [0.4, 0.5) is 5.69 Å². The Hall–Kier alpha value is -2.44. The molecular weight excluding hydrogens is 519 g/mol. The molecule has 1 aliphatic carbocycles. The van der Waals surface area contributed by atoms with Gasteiger partial charge in [-0.2, -0.15) is 0 Å². The topological polar surface area (TPSA) is 29.1 Å². The van der Waals surface area contributed by atoms with Crippen LogP contribution in [0.3, 0.4) is 0 Å². The van der Waals surface area contributed by atoms with E-state index >= 15 is 0 Å². The second kappa shape index (κ2) is 10.2. The number of hydrogen-bond donors (Lipinski definition) is 1. The molecule has 0 atom stereocenters. The molecule has 3 nitrogen and oxygen atoms in total. The lowest BCUT2D eigenvalue weighted by atomic mass is 9.89. The van der Waals surface area contributed by atoms with Gasteiger partial charge in [0.2, 0.25) is 0 Å². The number of fused-ring (bicyclic) bond motifs is 1. The number of carbonyl (C=O) groups is 1. The highest BCUT2D eigenvalue weighted by molar-refractivity contribution is 6.07. The number of nitrogens with one attached hydrogen (secondary N) is 1. The Morgan fingerprint density at radius 3 is 2.33 bits per heavy atom. The first-order chi connectivity index (χ1) is 15.6. The van der Waals surface area contributed by atoms with Crippen LogP contribution in [0.25, 0.3) is 17.2 Å². The summed E-state index contributed by atoms with van der Waals surface area (Å²) in [5, 5.41) is 3.11. The second-order valence-corrected chi connectivity index (χ2v) is 9.53. The Balaban J connectivity index is 0.00000259. The average Bonchev–Trinajstić information content (AvgIpc) is 3.26. The van der Waals surface area contributed by atoms with Crippen molar-refractivity contribution >= 4 is 17.7 Å². The van der Waals surface area contributed by atoms with Gasteiger partial charge in [-0.05, 0) is 59.4 Å². The molecule has 2 aliphatic rings. The molecule has 3 aromatic carbocycles. The quantitative estimate of drug-likeness (QED) is 0.384. The summed E-state index contributed by atoms with van der Waals surface area (Å²) in [5.41, 5.74) is 7.91. The Morgan fingerprint density at radius 1 is 0.879 bits per heavy atom. The molecule has 0 spiro atoms. The van der Waals surface area contributed by atoms with Crippen LogP contribution in [-0.2, 0) is 17.8 Å². The zero-order valence-electron chi connectivity index (χ0n) is 19.2. The van der Waals surface area contributed by atoms with Crippen molar-refractivity contribution in [3.63, 3.8) is 0 Å². The summed E-state index contributed by atoms with van der Waals surface area (Å²) in [6.07, 6.45) is 6.40. The summed E-state index contributed by atoms with van der Waals surface area (Å²) in [6.45, 7) is 3.60. The Labute approximate surface area is 214 Å². The molecule has 0 saturated carbocycles. The monoisotopic (exact) mass is 550 g/mol. The van der Waals surface area contributed by atoms with E-state index in [1.54, 1.807) is 0 Å². The number of aryl methyl sites for hydroxylation is 1. The van der Waals surface area contributed by atoms with Crippen LogP contribution in [-0.4, -0.2) is 30.5 Å². The molecule has 33 heavy (non-hydrogen) atoms. The van der Waals surface area contributed by atoms with Gasteiger partial charge >= 0.3 is 0 Å². The third-order valence-corrected chi connectivity index (χ3v) is 6.96. The highest BCUT2D eigenvalue weighted by atomic mass is 127. The van der Waals surface area contributed by atoms with Gasteiger partial charge in [-0.3, -0.25) is 4.79 Å². The molecule has 0 aromatic heterocycles. The molecule has 1 N–H and O–H groups in total. The number of nitrogens with zero attached hydrogens (tertiary/aromatic N) is 1. The summed E-state index contributed by atoms with van der Waals surface area (Å²) in [6, 6.07) is 25.4. The molecule has 4 heteroatoms. The van der Waals surface area contributed by atoms with E-state index < -0.39 is 0 Å². The number of quaternary nitrogens is 1. The fourth-order valence-electron chi connectivity index (χ4n) is 5.08. The number of amides is 1. The van der Waals surface area contributed by atoms with Gasteiger partial charge in [0.05, 0.1) is 20.1 Å². The van der Waals surface area contributed by atoms with Crippen LogP contribution in [0.15, 0.2) is 78.4 Å². The molecule has 1 saturated heterocycles. The van der Waals surface area contributed by atoms with Crippen LogP contribution in [0.2, 0.25) is 0 Å². The molecule has 0 bridgehead atoms. The van der Waals surface area contributed by atoms with Crippen molar-refractivity contribution in [1.82, 2.24) is 0 Å². The predicted molar refractivity (Wildman–Crippen MR) is 132 cm³/mol. The van der Waals surface area contributed by atoms with Gasteiger partial charge in [-0.15, -0.1) is 0 Å². The third kappa shape index (κ3) is 5.56. The summed E-state index contributed by atoms with van der Waals surface area (Å²) in [5.74, 6) is 0.00653. The van der Waals surface area contributed by atoms with Crippen molar-refractivity contribution in [3.8, 4) is 11.1 Å². The highest BCUT2D eigenvalue weighted by Gasteiger charge is 2.26. The molecule has 0 unspecified atom stereocenters. The minimum Gasteiger partial charge on any atom is -1.00 e. The normalized spacial score (nSPS) is 16.3. The second-order valence-electron chi connectivity index (χ2n) is 9.53. The van der Waals surface area contributed by atoms with Gasteiger partial charge in [0.15, 0.2) is 0 Å². The SMILES string of the molecule is C[N+]1(Cc2ccc(NC(=O)C3=Cc4cc(-c5ccccc5)ccc4CC3)cc2)CCCC1.[I-]. The first-order valence-electron chi connectivity index (χ1n) is 11.7. The minimum absolute atomic E-state index is 0. The van der Waals surface area contributed by atoms with Gasteiger partial charge in [0, 0.05) is 29.7 Å². The third-order valence-electron chi connectivity index (χ3n) is 6.96. The number of likely N-dealkylation sites (tertiary alicyclic amines) is 1. The van der Waals surface area contributed by atoms with Crippen molar-refractivity contribution < 1.29 is 33.3 Å². The molecule has 1 aliphatic heterocycles. The van der Waals surface area contributed by atoms with Gasteiger partial charge in [0.25, 0.3) is 5.91 Å². The number of benzene rings is 3. The number of hydrogen-bond acceptors (Lipinski definition) is 1. The molecule has 5 rings (SSSR count). The molecule has 1 amide bonds. The van der Waals surface area contributed by atoms with Gasteiger partial charge < -0.3 is 33.8 Å². The lowest BCUT2D eigenvalue weighted by Crippen LogP contribution is -3.00. The van der Waals surface area contributed by atoms with E-state index in [-0.39, 0.29) is 29.9 Å². The van der Waals surface area contributed by atoms with E-state index in [9.17, 15) is 4.79 Å². The molecule has 0 radical (unpaired) electrons. The fourth-order valence-corrected chi connectivity index (χ4v) is 5.08. The van der Waals surface area contributed by atoms with Crippen molar-refractivity contribution in [2.75, 3.05) is 25.5 Å². The summed E-state index contributed by atoms with van der Waals surface area (Å²) in [4.78, 5) is 13.0. The Morgan fingerprint density at radius 2 is 1.61 bits per heavy atom. The van der Waals surface area contributed by atoms with Crippen molar-refractivity contribution in [2.24, 2.45) is 0 Å². The maximum Gasteiger partial charge on any atom is 0.251 e. The lowest BCUT2D eigenvalue weighted by Gasteiger charge is -2.29. The van der Waals surface area contributed by atoms with E-state index in [2.05, 4.69) is 73.0 Å². The maximum absolute atomic E-state index is 13.0. The average molecular weight is 550 g/mol. The van der Waals surface area contributed by atoms with Gasteiger partial charge in [-0.1, -0.05) is 54.6 Å². The molecule has 1 fully saturated rings. The van der Waals surface area contributed by atoms with Crippen LogP contribution < -0.4 is 29.3 Å². The van der Waals surface area contributed by atoms with E-state index in [0.29, 0.717) is 0 Å². The number of carbonyl (C=O) groups excluding carboxylic acids is 1. The van der Waals surface area contributed by atoms with E-state index in [4.69, 9.17) is 0 Å². The smallest absolute Gasteiger partial charge is 0.251 e. The summed E-state index contributed by atoms with van der Waals surface area (Å²) >= 11 is 0. The van der Waals surface area contributed by atoms with E-state index in [0.717, 1.165) is 40.7 Å². The Kier molecular flexibility index (Phi) is 7.35. The lowest BCUT2D eigenvalue weighted by molar-refractivity contribution is -0.910. The molecule has 3 aromatic rings. The number of anilines is 1. The Bertz CT molecular complexity index is 1150. The summed E-state index contributed by atoms with van der Waals surface area (Å²) in [7, 11) is 2.35. The molecule has 170 valence electrons. The van der Waals surface area contributed by atoms with Crippen molar-refractivity contribution in [2.45, 2.75) is 32.2 Å². The van der Waals surface area contributed by atoms with Crippen LogP contribution in [0, 0.1) is 0 Å². The largest absolute Gasteiger partial charge is 1.00 e. The molecule has 1 heterocycles.